The van der Waals surface area contributed by atoms with Crippen molar-refractivity contribution in [3.05, 3.63) is 68.2 Å². The number of nitro benzene ring substituents is 1. The monoisotopic (exact) mass is 407 g/mol. The van der Waals surface area contributed by atoms with Gasteiger partial charge in [0.25, 0.3) is 11.6 Å². The molecule has 0 aromatic heterocycles. The quantitative estimate of drug-likeness (QED) is 0.550. The second-order valence-corrected chi connectivity index (χ2v) is 6.88. The Hall–Kier alpha value is -2.64. The topological polar surface area (TPSA) is 83.8 Å². The largest absolute Gasteiger partial charge is 0.324 e. The van der Waals surface area contributed by atoms with Gasteiger partial charge in [0, 0.05) is 35.3 Å². The number of nitro groups is 1. The zero-order valence-corrected chi connectivity index (χ0v) is 15.6. The van der Waals surface area contributed by atoms with Crippen molar-refractivity contribution >= 4 is 46.4 Å². The SMILES string of the molecule is O=C1CCCN1CN(C(=O)c1ccc(Cl)c([N+](=O)[O-])c1)c1cccc(Cl)c1. The minimum absolute atomic E-state index is 0.0361. The molecule has 27 heavy (non-hydrogen) atoms. The average Bonchev–Trinajstić information content (AvgIpc) is 3.04. The molecule has 0 unspecified atom stereocenters. The molecule has 0 atom stereocenters. The maximum absolute atomic E-state index is 13.1. The van der Waals surface area contributed by atoms with E-state index in [2.05, 4.69) is 0 Å². The molecule has 9 heteroatoms. The highest BCUT2D eigenvalue weighted by Gasteiger charge is 2.27. The molecule has 2 aromatic rings. The maximum Gasteiger partial charge on any atom is 0.288 e. The smallest absolute Gasteiger partial charge is 0.288 e. The first-order chi connectivity index (χ1) is 12.9. The van der Waals surface area contributed by atoms with Crippen LogP contribution < -0.4 is 4.90 Å². The molecule has 1 saturated heterocycles. The molecule has 1 heterocycles. The van der Waals surface area contributed by atoms with Crippen molar-refractivity contribution < 1.29 is 14.5 Å². The Morgan fingerprint density at radius 2 is 2.00 bits per heavy atom. The number of carbonyl (C=O) groups is 2. The fourth-order valence-corrected chi connectivity index (χ4v) is 3.24. The summed E-state index contributed by atoms with van der Waals surface area (Å²) in [6.07, 6.45) is 1.16. The summed E-state index contributed by atoms with van der Waals surface area (Å²) in [6.45, 7) is 0.582. The third-order valence-electron chi connectivity index (χ3n) is 4.24. The molecule has 0 bridgehead atoms. The van der Waals surface area contributed by atoms with Crippen molar-refractivity contribution in [3.63, 3.8) is 0 Å². The lowest BCUT2D eigenvalue weighted by Crippen LogP contribution is -2.42. The van der Waals surface area contributed by atoms with E-state index in [4.69, 9.17) is 23.2 Å². The molecule has 2 amide bonds. The zero-order valence-electron chi connectivity index (χ0n) is 14.1. The van der Waals surface area contributed by atoms with Gasteiger partial charge in [-0.3, -0.25) is 24.6 Å². The molecule has 140 valence electrons. The van der Waals surface area contributed by atoms with Crippen molar-refractivity contribution in [2.75, 3.05) is 18.1 Å². The van der Waals surface area contributed by atoms with Gasteiger partial charge in [-0.05, 0) is 36.8 Å². The van der Waals surface area contributed by atoms with Gasteiger partial charge in [0.1, 0.15) is 11.7 Å². The molecule has 0 aliphatic carbocycles. The molecular weight excluding hydrogens is 393 g/mol. The number of halogens is 2. The molecule has 3 rings (SSSR count). The average molecular weight is 408 g/mol. The highest BCUT2D eigenvalue weighted by Crippen LogP contribution is 2.28. The number of hydrogen-bond acceptors (Lipinski definition) is 4. The molecule has 1 fully saturated rings. The zero-order chi connectivity index (χ0) is 19.6. The van der Waals surface area contributed by atoms with Crippen LogP contribution in [0, 0.1) is 10.1 Å². The maximum atomic E-state index is 13.1. The first kappa shape index (κ1) is 19.1. The van der Waals surface area contributed by atoms with Crippen molar-refractivity contribution in [1.29, 1.82) is 0 Å². The van der Waals surface area contributed by atoms with Gasteiger partial charge < -0.3 is 4.90 Å². The highest BCUT2D eigenvalue weighted by molar-refractivity contribution is 6.33. The van der Waals surface area contributed by atoms with Gasteiger partial charge >= 0.3 is 0 Å². The number of benzene rings is 2. The van der Waals surface area contributed by atoms with Crippen molar-refractivity contribution in [3.8, 4) is 0 Å². The molecule has 1 aliphatic heterocycles. The minimum Gasteiger partial charge on any atom is -0.324 e. The first-order valence-electron chi connectivity index (χ1n) is 8.16. The summed E-state index contributed by atoms with van der Waals surface area (Å²) in [6, 6.07) is 10.5. The Labute approximate surface area is 165 Å². The van der Waals surface area contributed by atoms with Crippen LogP contribution in [0.3, 0.4) is 0 Å². The van der Waals surface area contributed by atoms with Gasteiger partial charge in [0.05, 0.1) is 4.92 Å². The summed E-state index contributed by atoms with van der Waals surface area (Å²) in [5.41, 5.74) is 0.230. The number of nitrogens with zero attached hydrogens (tertiary/aromatic N) is 3. The molecular formula is C18H15Cl2N3O4. The number of amides is 2. The standard InChI is InChI=1S/C18H15Cl2N3O4/c19-13-3-1-4-14(10-13)22(11-21-8-2-5-17(21)24)18(25)12-6-7-15(20)16(9-12)23(26)27/h1,3-4,6-7,9-10H,2,5,8,11H2. The van der Waals surface area contributed by atoms with Crippen LogP contribution in [0.5, 0.6) is 0 Å². The van der Waals surface area contributed by atoms with Gasteiger partial charge in [-0.25, -0.2) is 0 Å². The van der Waals surface area contributed by atoms with Gasteiger partial charge in [-0.1, -0.05) is 29.3 Å². The summed E-state index contributed by atoms with van der Waals surface area (Å²) in [7, 11) is 0. The predicted octanol–water partition coefficient (Wildman–Crippen LogP) is 4.13. The molecule has 1 aliphatic rings. The molecule has 7 nitrogen and oxygen atoms in total. The van der Waals surface area contributed by atoms with E-state index in [0.29, 0.717) is 23.7 Å². The molecule has 2 aromatic carbocycles. The van der Waals surface area contributed by atoms with Crippen LogP contribution in [-0.2, 0) is 4.79 Å². The van der Waals surface area contributed by atoms with Gasteiger partial charge in [-0.15, -0.1) is 0 Å². The summed E-state index contributed by atoms with van der Waals surface area (Å²) < 4.78 is 0. The van der Waals surface area contributed by atoms with Crippen LogP contribution in [0.2, 0.25) is 10.0 Å². The minimum atomic E-state index is -0.646. The second-order valence-electron chi connectivity index (χ2n) is 6.04. The fraction of sp³-hybridized carbons (Fsp3) is 0.222. The Kier molecular flexibility index (Phi) is 5.62. The van der Waals surface area contributed by atoms with E-state index < -0.39 is 10.8 Å². The molecule has 0 saturated carbocycles. The van der Waals surface area contributed by atoms with Crippen LogP contribution in [0.25, 0.3) is 0 Å². The number of carbonyl (C=O) groups excluding carboxylic acids is 2. The second kappa shape index (κ2) is 7.94. The summed E-state index contributed by atoms with van der Waals surface area (Å²) >= 11 is 11.9. The van der Waals surface area contributed by atoms with E-state index >= 15 is 0 Å². The number of hydrogen-bond donors (Lipinski definition) is 0. The van der Waals surface area contributed by atoms with Crippen LogP contribution in [0.15, 0.2) is 42.5 Å². The van der Waals surface area contributed by atoms with E-state index in [1.807, 2.05) is 0 Å². The molecule has 0 N–H and O–H groups in total. The predicted molar refractivity (Wildman–Crippen MR) is 102 cm³/mol. The first-order valence-corrected chi connectivity index (χ1v) is 8.91. The van der Waals surface area contributed by atoms with Gasteiger partial charge in [-0.2, -0.15) is 0 Å². The third kappa shape index (κ3) is 4.20. The number of rotatable bonds is 5. The summed E-state index contributed by atoms with van der Waals surface area (Å²) in [4.78, 5) is 38.6. The van der Waals surface area contributed by atoms with E-state index in [9.17, 15) is 19.7 Å². The van der Waals surface area contributed by atoms with Gasteiger partial charge in [0.2, 0.25) is 5.91 Å². The molecule has 0 spiro atoms. The Morgan fingerprint density at radius 3 is 2.63 bits per heavy atom. The lowest BCUT2D eigenvalue weighted by Gasteiger charge is -2.28. The number of anilines is 1. The van der Waals surface area contributed by atoms with E-state index in [-0.39, 0.29) is 28.8 Å². The summed E-state index contributed by atoms with van der Waals surface area (Å²) in [5, 5.41) is 11.5. The van der Waals surface area contributed by atoms with Crippen LogP contribution in [0.4, 0.5) is 11.4 Å². The van der Waals surface area contributed by atoms with E-state index in [0.717, 1.165) is 12.5 Å². The lowest BCUT2D eigenvalue weighted by atomic mass is 10.1. The molecule has 0 radical (unpaired) electrons. The van der Waals surface area contributed by atoms with Crippen LogP contribution >= 0.6 is 23.2 Å². The Bertz CT molecular complexity index is 919. The highest BCUT2D eigenvalue weighted by atomic mass is 35.5. The van der Waals surface area contributed by atoms with Crippen molar-refractivity contribution in [2.24, 2.45) is 0 Å². The van der Waals surface area contributed by atoms with E-state index in [1.165, 1.54) is 17.0 Å². The Morgan fingerprint density at radius 1 is 1.22 bits per heavy atom. The lowest BCUT2D eigenvalue weighted by molar-refractivity contribution is -0.384. The Balaban J connectivity index is 1.99. The van der Waals surface area contributed by atoms with Crippen molar-refractivity contribution in [2.45, 2.75) is 12.8 Å². The van der Waals surface area contributed by atoms with E-state index in [1.54, 1.807) is 29.2 Å². The van der Waals surface area contributed by atoms with Crippen molar-refractivity contribution in [1.82, 2.24) is 4.90 Å². The fourth-order valence-electron chi connectivity index (χ4n) is 2.87. The van der Waals surface area contributed by atoms with Crippen LogP contribution in [-0.4, -0.2) is 34.9 Å². The van der Waals surface area contributed by atoms with Crippen LogP contribution in [0.1, 0.15) is 23.2 Å². The summed E-state index contributed by atoms with van der Waals surface area (Å²) in [5.74, 6) is -0.534. The number of likely N-dealkylation sites (tertiary alicyclic amines) is 1. The normalized spacial score (nSPS) is 13.7. The van der Waals surface area contributed by atoms with Gasteiger partial charge in [0.15, 0.2) is 0 Å². The third-order valence-corrected chi connectivity index (χ3v) is 4.79.